The van der Waals surface area contributed by atoms with Gasteiger partial charge in [0.1, 0.15) is 0 Å². The lowest BCUT2D eigenvalue weighted by atomic mass is 10.0. The lowest BCUT2D eigenvalue weighted by molar-refractivity contribution is 0.910. The molecule has 1 aliphatic carbocycles. The molecule has 1 saturated carbocycles. The van der Waals surface area contributed by atoms with Crippen LogP contribution < -0.4 is 0 Å². The largest absolute Gasteiger partial charge is 0.197 e. The van der Waals surface area contributed by atoms with Crippen LogP contribution in [0.4, 0.5) is 0 Å². The summed E-state index contributed by atoms with van der Waals surface area (Å²) in [5.74, 6) is 1.65. The molecule has 1 aromatic heterocycles. The van der Waals surface area contributed by atoms with E-state index in [0.29, 0.717) is 0 Å². The van der Waals surface area contributed by atoms with Gasteiger partial charge in [-0.15, -0.1) is 0 Å². The SMILES string of the molecule is Cc1cc2c(cnn2Br)cc1[C@H]1C[C@H]1C. The van der Waals surface area contributed by atoms with Gasteiger partial charge in [0.25, 0.3) is 0 Å². The number of fused-ring (bicyclic) bond motifs is 1. The summed E-state index contributed by atoms with van der Waals surface area (Å²) in [7, 11) is 0. The minimum Gasteiger partial charge on any atom is -0.197 e. The number of hydrogen-bond acceptors (Lipinski definition) is 1. The predicted octanol–water partition coefficient (Wildman–Crippen LogP) is 3.63. The number of halogens is 1. The molecule has 0 amide bonds. The molecule has 1 fully saturated rings. The van der Waals surface area contributed by atoms with E-state index in [1.807, 2.05) is 6.20 Å². The van der Waals surface area contributed by atoms with Crippen LogP contribution in [0.1, 0.15) is 30.4 Å². The summed E-state index contributed by atoms with van der Waals surface area (Å²) >= 11 is 3.40. The van der Waals surface area contributed by atoms with Crippen LogP contribution in [0.15, 0.2) is 18.3 Å². The average molecular weight is 265 g/mol. The van der Waals surface area contributed by atoms with E-state index in [1.165, 1.54) is 22.9 Å². The van der Waals surface area contributed by atoms with Crippen LogP contribution in [-0.4, -0.2) is 8.81 Å². The smallest absolute Gasteiger partial charge is 0.0815 e. The van der Waals surface area contributed by atoms with Gasteiger partial charge in [0.2, 0.25) is 0 Å². The molecule has 78 valence electrons. The maximum atomic E-state index is 4.21. The third-order valence-electron chi connectivity index (χ3n) is 3.42. The average Bonchev–Trinajstić information content (AvgIpc) is 2.82. The fourth-order valence-electron chi connectivity index (χ4n) is 2.32. The summed E-state index contributed by atoms with van der Waals surface area (Å²) in [5, 5.41) is 5.44. The van der Waals surface area contributed by atoms with Crippen molar-refractivity contribution in [3.63, 3.8) is 0 Å². The Morgan fingerprint density at radius 1 is 1.47 bits per heavy atom. The molecule has 0 spiro atoms. The molecular formula is C12H13BrN2. The third kappa shape index (κ3) is 1.41. The van der Waals surface area contributed by atoms with Crippen LogP contribution in [0.3, 0.4) is 0 Å². The van der Waals surface area contributed by atoms with Crippen molar-refractivity contribution in [1.82, 2.24) is 8.81 Å². The lowest BCUT2D eigenvalue weighted by Gasteiger charge is -2.05. The number of rotatable bonds is 1. The van der Waals surface area contributed by atoms with Gasteiger partial charge in [-0.25, -0.2) is 0 Å². The standard InChI is InChI=1S/C12H13BrN2/c1-7-3-10(7)11-5-9-6-14-15(13)12(9)4-8(11)2/h4-7,10H,3H2,1-2H3/t7-,10+/m1/s1. The van der Waals surface area contributed by atoms with Gasteiger partial charge < -0.3 is 0 Å². The van der Waals surface area contributed by atoms with Gasteiger partial charge in [0.15, 0.2) is 0 Å². The first-order valence-corrected chi connectivity index (χ1v) is 6.02. The van der Waals surface area contributed by atoms with Gasteiger partial charge in [-0.1, -0.05) is 6.92 Å². The van der Waals surface area contributed by atoms with Gasteiger partial charge >= 0.3 is 0 Å². The maximum Gasteiger partial charge on any atom is 0.0815 e. The number of nitrogens with zero attached hydrogens (tertiary/aromatic N) is 2. The summed E-state index contributed by atoms with van der Waals surface area (Å²) in [6.45, 7) is 4.52. The van der Waals surface area contributed by atoms with Crippen LogP contribution in [0.25, 0.3) is 10.9 Å². The van der Waals surface area contributed by atoms with E-state index in [0.717, 1.165) is 17.4 Å². The van der Waals surface area contributed by atoms with Crippen molar-refractivity contribution in [3.8, 4) is 0 Å². The highest BCUT2D eigenvalue weighted by Gasteiger charge is 2.35. The Labute approximate surface area is 97.6 Å². The molecule has 2 aromatic rings. The fraction of sp³-hybridized carbons (Fsp3) is 0.417. The van der Waals surface area contributed by atoms with Crippen molar-refractivity contribution < 1.29 is 0 Å². The Kier molecular flexibility index (Phi) is 1.93. The first-order chi connectivity index (χ1) is 7.16. The molecule has 1 aromatic carbocycles. The van der Waals surface area contributed by atoms with Gasteiger partial charge in [-0.2, -0.15) is 8.81 Å². The minimum atomic E-state index is 0.785. The maximum absolute atomic E-state index is 4.21. The Balaban J connectivity index is 2.19. The highest BCUT2D eigenvalue weighted by Crippen LogP contribution is 2.48. The Morgan fingerprint density at radius 3 is 2.87 bits per heavy atom. The lowest BCUT2D eigenvalue weighted by Crippen LogP contribution is -1.88. The summed E-state index contributed by atoms with van der Waals surface area (Å²) in [6, 6.07) is 4.51. The van der Waals surface area contributed by atoms with Crippen LogP contribution in [-0.2, 0) is 0 Å². The van der Waals surface area contributed by atoms with E-state index in [9.17, 15) is 0 Å². The zero-order valence-electron chi connectivity index (χ0n) is 8.87. The second-order valence-corrected chi connectivity index (χ2v) is 5.26. The summed E-state index contributed by atoms with van der Waals surface area (Å²) in [5.41, 5.74) is 4.05. The normalized spacial score (nSPS) is 24.7. The monoisotopic (exact) mass is 264 g/mol. The predicted molar refractivity (Wildman–Crippen MR) is 65.3 cm³/mol. The molecule has 1 heterocycles. The van der Waals surface area contributed by atoms with E-state index in [1.54, 1.807) is 3.71 Å². The summed E-state index contributed by atoms with van der Waals surface area (Å²) < 4.78 is 1.76. The van der Waals surface area contributed by atoms with Crippen molar-refractivity contribution in [2.75, 3.05) is 0 Å². The number of aryl methyl sites for hydroxylation is 1. The molecule has 2 nitrogen and oxygen atoms in total. The molecule has 0 N–H and O–H groups in total. The molecule has 1 aliphatic rings. The number of benzene rings is 1. The molecule has 15 heavy (non-hydrogen) atoms. The Bertz CT molecular complexity index is 530. The van der Waals surface area contributed by atoms with Crippen LogP contribution >= 0.6 is 16.1 Å². The minimum absolute atomic E-state index is 0.785. The second kappa shape index (κ2) is 3.08. The first-order valence-electron chi connectivity index (χ1n) is 5.31. The zero-order chi connectivity index (χ0) is 10.6. The summed E-state index contributed by atoms with van der Waals surface area (Å²) in [4.78, 5) is 0. The highest BCUT2D eigenvalue weighted by atomic mass is 79.9. The van der Waals surface area contributed by atoms with Crippen LogP contribution in [0.2, 0.25) is 0 Å². The van der Waals surface area contributed by atoms with E-state index in [4.69, 9.17) is 0 Å². The van der Waals surface area contributed by atoms with Crippen LogP contribution in [0.5, 0.6) is 0 Å². The van der Waals surface area contributed by atoms with E-state index >= 15 is 0 Å². The van der Waals surface area contributed by atoms with Crippen molar-refractivity contribution in [2.24, 2.45) is 5.92 Å². The topological polar surface area (TPSA) is 17.8 Å². The molecule has 0 bridgehead atoms. The highest BCUT2D eigenvalue weighted by molar-refractivity contribution is 9.08. The van der Waals surface area contributed by atoms with E-state index < -0.39 is 0 Å². The Hall–Kier alpha value is -0.830. The van der Waals surface area contributed by atoms with Crippen molar-refractivity contribution in [2.45, 2.75) is 26.2 Å². The molecule has 0 saturated heterocycles. The molecule has 0 radical (unpaired) electrons. The molecule has 2 atom stereocenters. The Morgan fingerprint density at radius 2 is 2.20 bits per heavy atom. The second-order valence-electron chi connectivity index (χ2n) is 4.59. The number of aromatic nitrogens is 2. The molecule has 3 heteroatoms. The van der Waals surface area contributed by atoms with Gasteiger partial charge in [0.05, 0.1) is 27.9 Å². The molecule has 0 unspecified atom stereocenters. The van der Waals surface area contributed by atoms with Gasteiger partial charge in [-0.05, 0) is 48.4 Å². The fourth-order valence-corrected chi connectivity index (χ4v) is 2.72. The van der Waals surface area contributed by atoms with Crippen molar-refractivity contribution in [1.29, 1.82) is 0 Å². The first kappa shape index (κ1) is 9.40. The third-order valence-corrected chi connectivity index (χ3v) is 3.99. The molecular weight excluding hydrogens is 252 g/mol. The van der Waals surface area contributed by atoms with Crippen molar-refractivity contribution >= 4 is 27.1 Å². The van der Waals surface area contributed by atoms with Crippen LogP contribution in [0, 0.1) is 12.8 Å². The summed E-state index contributed by atoms with van der Waals surface area (Å²) in [6.07, 6.45) is 3.26. The van der Waals surface area contributed by atoms with Crippen molar-refractivity contribution in [3.05, 3.63) is 29.5 Å². The quantitative estimate of drug-likeness (QED) is 0.769. The zero-order valence-corrected chi connectivity index (χ0v) is 10.5. The van der Waals surface area contributed by atoms with E-state index in [-0.39, 0.29) is 0 Å². The number of hydrogen-bond donors (Lipinski definition) is 0. The molecule has 3 rings (SSSR count). The van der Waals surface area contributed by atoms with Gasteiger partial charge in [-0.3, -0.25) is 0 Å². The molecule has 0 aliphatic heterocycles. The van der Waals surface area contributed by atoms with Gasteiger partial charge in [0, 0.05) is 5.39 Å². The van der Waals surface area contributed by atoms with E-state index in [2.05, 4.69) is 47.2 Å².